The maximum atomic E-state index is 6.48. The van der Waals surface area contributed by atoms with E-state index in [0.29, 0.717) is 0 Å². The molecule has 0 rings (SSSR count). The van der Waals surface area contributed by atoms with E-state index in [-0.39, 0.29) is 36.5 Å². The number of hydrogen-bond donors (Lipinski definition) is 1. The van der Waals surface area contributed by atoms with E-state index in [0.717, 1.165) is 0 Å². The van der Waals surface area contributed by atoms with Crippen molar-refractivity contribution < 1.29 is 31.0 Å². The van der Waals surface area contributed by atoms with Crippen LogP contribution in [0.3, 0.4) is 0 Å². The minimum absolute atomic E-state index is 0. The Hall–Kier alpha value is 0.600. The van der Waals surface area contributed by atoms with Crippen molar-refractivity contribution in [3.05, 3.63) is 0 Å². The largest absolute Gasteiger partial charge is 1.00 e. The average molecular weight is 110 g/mol. The van der Waals surface area contributed by atoms with E-state index in [2.05, 4.69) is 5.11 Å². The summed E-state index contributed by atoms with van der Waals surface area (Å²) in [4.78, 5) is 0. The Morgan fingerprint density at radius 2 is 1.57 bits per heavy atom. The molecule has 38 valence electrons. The third-order valence-corrected chi connectivity index (χ3v) is 0.335. The summed E-state index contributed by atoms with van der Waals surface area (Å²) < 4.78 is 0. The zero-order chi connectivity index (χ0) is 5.21. The van der Waals surface area contributed by atoms with E-state index in [1.54, 1.807) is 0 Å². The molecular weight excluding hydrogens is 99.0 g/mol. The van der Waals surface area contributed by atoms with Gasteiger partial charge in [-0.25, -0.2) is 5.53 Å². The van der Waals surface area contributed by atoms with Crippen LogP contribution in [0.15, 0.2) is 5.11 Å². The molecule has 0 aliphatic rings. The first-order valence-electron chi connectivity index (χ1n) is 1.95. The Morgan fingerprint density at radius 3 is 1.57 bits per heavy atom. The molecular formula is C4H11N2Na. The molecule has 0 saturated heterocycles. The summed E-state index contributed by atoms with van der Waals surface area (Å²) in [7, 11) is 0. The zero-order valence-electron chi connectivity index (χ0n) is 6.45. The SMILES string of the molecule is CC(C)(C)N=N.[H-].[Na+]. The predicted octanol–water partition coefficient (Wildman–Crippen LogP) is -1.07. The number of hydrogen-bond acceptors (Lipinski definition) is 2. The van der Waals surface area contributed by atoms with Crippen molar-refractivity contribution in [3.63, 3.8) is 0 Å². The fourth-order valence-corrected chi connectivity index (χ4v) is 0. The summed E-state index contributed by atoms with van der Waals surface area (Å²) in [6.07, 6.45) is 0. The molecule has 0 aromatic rings. The van der Waals surface area contributed by atoms with Crippen molar-refractivity contribution in [1.82, 2.24) is 0 Å². The maximum absolute atomic E-state index is 6.48. The first-order chi connectivity index (χ1) is 2.56. The third kappa shape index (κ3) is 10.8. The standard InChI is InChI=1S/C4H10N2.Na.H/c1-4(2,3)6-5;;/h5H,1-3H3;;/q;+1;-1. The number of nitrogens with zero attached hydrogens (tertiary/aromatic N) is 1. The quantitative estimate of drug-likeness (QED) is 0.304. The van der Waals surface area contributed by atoms with Crippen LogP contribution in [0, 0.1) is 5.53 Å². The molecule has 0 aliphatic heterocycles. The van der Waals surface area contributed by atoms with Crippen LogP contribution in [0.5, 0.6) is 0 Å². The van der Waals surface area contributed by atoms with Crippen molar-refractivity contribution in [2.45, 2.75) is 26.3 Å². The first-order valence-corrected chi connectivity index (χ1v) is 1.95. The Morgan fingerprint density at radius 1 is 1.43 bits per heavy atom. The number of rotatable bonds is 0. The van der Waals surface area contributed by atoms with Crippen LogP contribution in [0.2, 0.25) is 0 Å². The summed E-state index contributed by atoms with van der Waals surface area (Å²) in [5.41, 5.74) is 6.31. The zero-order valence-corrected chi connectivity index (χ0v) is 7.45. The van der Waals surface area contributed by atoms with Crippen LogP contribution in [-0.2, 0) is 0 Å². The molecule has 0 unspecified atom stereocenters. The van der Waals surface area contributed by atoms with Crippen molar-refractivity contribution in [2.24, 2.45) is 5.11 Å². The summed E-state index contributed by atoms with van der Waals surface area (Å²) in [5.74, 6) is 0. The molecule has 0 bridgehead atoms. The van der Waals surface area contributed by atoms with Gasteiger partial charge in [0, 0.05) is 0 Å². The van der Waals surface area contributed by atoms with Gasteiger partial charge in [-0.1, -0.05) is 0 Å². The molecule has 0 aromatic carbocycles. The van der Waals surface area contributed by atoms with Crippen molar-refractivity contribution >= 4 is 0 Å². The Bertz CT molecular complexity index is 59.5. The first kappa shape index (κ1) is 10.6. The van der Waals surface area contributed by atoms with Crippen LogP contribution in [-0.4, -0.2) is 5.54 Å². The van der Waals surface area contributed by atoms with Crippen molar-refractivity contribution in [2.75, 3.05) is 0 Å². The molecule has 0 radical (unpaired) electrons. The van der Waals surface area contributed by atoms with Gasteiger partial charge in [-0.15, -0.1) is 0 Å². The van der Waals surface area contributed by atoms with Gasteiger partial charge < -0.3 is 1.43 Å². The molecule has 0 heterocycles. The second-order valence-electron chi connectivity index (χ2n) is 2.28. The van der Waals surface area contributed by atoms with Gasteiger partial charge in [-0.3, -0.25) is 0 Å². The molecule has 3 heteroatoms. The van der Waals surface area contributed by atoms with Crippen LogP contribution in [0.1, 0.15) is 22.2 Å². The number of nitrogens with one attached hydrogen (secondary N) is 1. The summed E-state index contributed by atoms with van der Waals surface area (Å²) in [5, 5.41) is 3.27. The second kappa shape index (κ2) is 3.58. The van der Waals surface area contributed by atoms with E-state index in [9.17, 15) is 0 Å². The summed E-state index contributed by atoms with van der Waals surface area (Å²) in [6.45, 7) is 5.67. The fourth-order valence-electron chi connectivity index (χ4n) is 0. The average Bonchev–Trinajstić information content (AvgIpc) is 1.35. The van der Waals surface area contributed by atoms with Crippen LogP contribution in [0.25, 0.3) is 0 Å². The normalized spacial score (nSPS) is 9.57. The third-order valence-electron chi connectivity index (χ3n) is 0.335. The molecule has 0 atom stereocenters. The van der Waals surface area contributed by atoms with Gasteiger partial charge in [0.05, 0.1) is 5.54 Å². The second-order valence-corrected chi connectivity index (χ2v) is 2.28. The van der Waals surface area contributed by atoms with Gasteiger partial charge in [0.25, 0.3) is 0 Å². The maximum Gasteiger partial charge on any atom is 1.00 e. The molecule has 0 aliphatic carbocycles. The predicted molar refractivity (Wildman–Crippen MR) is 26.0 cm³/mol. The molecule has 0 amide bonds. The van der Waals surface area contributed by atoms with Gasteiger partial charge in [-0.2, -0.15) is 5.11 Å². The molecule has 2 nitrogen and oxygen atoms in total. The molecule has 0 aromatic heterocycles. The smallest absolute Gasteiger partial charge is 1.00 e. The minimum atomic E-state index is -0.167. The Labute approximate surface area is 68.0 Å². The van der Waals surface area contributed by atoms with Gasteiger partial charge in [-0.05, 0) is 20.8 Å². The minimum Gasteiger partial charge on any atom is -1.00 e. The molecule has 0 spiro atoms. The topological polar surface area (TPSA) is 36.2 Å². The molecule has 1 N–H and O–H groups in total. The monoisotopic (exact) mass is 110 g/mol. The summed E-state index contributed by atoms with van der Waals surface area (Å²) >= 11 is 0. The molecule has 0 saturated carbocycles. The van der Waals surface area contributed by atoms with E-state index < -0.39 is 0 Å². The van der Waals surface area contributed by atoms with Gasteiger partial charge in [0.1, 0.15) is 0 Å². The van der Waals surface area contributed by atoms with Gasteiger partial charge in [0.2, 0.25) is 0 Å². The van der Waals surface area contributed by atoms with Gasteiger partial charge >= 0.3 is 29.6 Å². The van der Waals surface area contributed by atoms with Gasteiger partial charge in [0.15, 0.2) is 0 Å². The summed E-state index contributed by atoms with van der Waals surface area (Å²) in [6, 6.07) is 0. The van der Waals surface area contributed by atoms with Crippen LogP contribution in [0.4, 0.5) is 0 Å². The van der Waals surface area contributed by atoms with E-state index in [1.807, 2.05) is 20.8 Å². The van der Waals surface area contributed by atoms with Crippen LogP contribution < -0.4 is 29.6 Å². The van der Waals surface area contributed by atoms with Crippen molar-refractivity contribution in [3.8, 4) is 0 Å². The van der Waals surface area contributed by atoms with E-state index in [4.69, 9.17) is 5.53 Å². The van der Waals surface area contributed by atoms with E-state index in [1.165, 1.54) is 0 Å². The van der Waals surface area contributed by atoms with Crippen LogP contribution >= 0.6 is 0 Å². The molecule has 0 fully saturated rings. The van der Waals surface area contributed by atoms with E-state index >= 15 is 0 Å². The fraction of sp³-hybridized carbons (Fsp3) is 1.00. The molecule has 7 heavy (non-hydrogen) atoms. The Kier molecular flexibility index (Phi) is 5.40. The Balaban J connectivity index is -0.000000125. The van der Waals surface area contributed by atoms with Crippen molar-refractivity contribution in [1.29, 1.82) is 5.53 Å².